The van der Waals surface area contributed by atoms with Crippen LogP contribution in [-0.2, 0) is 0 Å². The molecule has 1 heterocycles. The van der Waals surface area contributed by atoms with E-state index in [4.69, 9.17) is 5.26 Å². The van der Waals surface area contributed by atoms with Gasteiger partial charge in [0, 0.05) is 13.6 Å². The van der Waals surface area contributed by atoms with E-state index >= 15 is 0 Å². The summed E-state index contributed by atoms with van der Waals surface area (Å²) in [5, 5.41) is 10.5. The van der Waals surface area contributed by atoms with Crippen LogP contribution in [0, 0.1) is 17.2 Å². The summed E-state index contributed by atoms with van der Waals surface area (Å²) < 4.78 is 0. The second kappa shape index (κ2) is 4.77. The van der Waals surface area contributed by atoms with E-state index in [0.717, 1.165) is 4.88 Å². The van der Waals surface area contributed by atoms with Gasteiger partial charge in [-0.05, 0) is 18.4 Å². The first-order valence-electron chi connectivity index (χ1n) is 4.33. The first kappa shape index (κ1) is 10.7. The molecule has 1 atom stereocenters. The molecule has 0 spiro atoms. The molecule has 1 unspecified atom stereocenters. The summed E-state index contributed by atoms with van der Waals surface area (Å²) in [7, 11) is 1.72. The zero-order valence-corrected chi connectivity index (χ0v) is 9.04. The van der Waals surface area contributed by atoms with E-state index in [1.807, 2.05) is 11.4 Å². The third-order valence-electron chi connectivity index (χ3n) is 1.85. The molecule has 0 N–H and O–H groups in total. The number of hydrogen-bond acceptors (Lipinski definition) is 3. The normalized spacial score (nSPS) is 11.8. The molecule has 14 heavy (non-hydrogen) atoms. The van der Waals surface area contributed by atoms with E-state index in [1.165, 1.54) is 11.3 Å². The number of nitrogens with zero attached hydrogens (tertiary/aromatic N) is 2. The lowest BCUT2D eigenvalue weighted by Gasteiger charge is -2.16. The highest BCUT2D eigenvalue weighted by Crippen LogP contribution is 2.11. The summed E-state index contributed by atoms with van der Waals surface area (Å²) in [6, 6.07) is 5.74. The van der Waals surface area contributed by atoms with Crippen LogP contribution >= 0.6 is 11.3 Å². The molecule has 74 valence electrons. The summed E-state index contributed by atoms with van der Waals surface area (Å²) in [4.78, 5) is 14.0. The second-order valence-corrected chi connectivity index (χ2v) is 4.14. The average Bonchev–Trinajstić information content (AvgIpc) is 2.69. The summed E-state index contributed by atoms with van der Waals surface area (Å²) >= 11 is 1.42. The molecule has 0 fully saturated rings. The molecule has 1 rings (SSSR count). The van der Waals surface area contributed by atoms with Gasteiger partial charge in [0.05, 0.1) is 16.9 Å². The number of hydrogen-bond donors (Lipinski definition) is 0. The molecule has 0 bridgehead atoms. The maximum absolute atomic E-state index is 11.7. The molecule has 4 heteroatoms. The topological polar surface area (TPSA) is 44.1 Å². The lowest BCUT2D eigenvalue weighted by molar-refractivity contribution is 0.0790. The van der Waals surface area contributed by atoms with Gasteiger partial charge in [-0.2, -0.15) is 5.26 Å². The maximum atomic E-state index is 11.7. The van der Waals surface area contributed by atoms with Crippen LogP contribution < -0.4 is 0 Å². The van der Waals surface area contributed by atoms with Gasteiger partial charge in [-0.1, -0.05) is 6.07 Å². The first-order valence-corrected chi connectivity index (χ1v) is 5.21. The first-order chi connectivity index (χ1) is 6.65. The average molecular weight is 208 g/mol. The van der Waals surface area contributed by atoms with Crippen molar-refractivity contribution in [3.05, 3.63) is 22.4 Å². The highest BCUT2D eigenvalue weighted by Gasteiger charge is 2.14. The van der Waals surface area contributed by atoms with Gasteiger partial charge in [-0.3, -0.25) is 4.79 Å². The highest BCUT2D eigenvalue weighted by molar-refractivity contribution is 7.12. The number of carbonyl (C=O) groups excluding carboxylic acids is 1. The highest BCUT2D eigenvalue weighted by atomic mass is 32.1. The van der Waals surface area contributed by atoms with Crippen LogP contribution in [0.3, 0.4) is 0 Å². The third kappa shape index (κ3) is 2.57. The fourth-order valence-corrected chi connectivity index (χ4v) is 1.84. The number of amides is 1. The van der Waals surface area contributed by atoms with Crippen LogP contribution in [0.4, 0.5) is 0 Å². The van der Waals surface area contributed by atoms with Gasteiger partial charge in [0.15, 0.2) is 0 Å². The third-order valence-corrected chi connectivity index (χ3v) is 2.70. The van der Waals surface area contributed by atoms with Gasteiger partial charge >= 0.3 is 0 Å². The number of carbonyl (C=O) groups is 1. The fraction of sp³-hybridized carbons (Fsp3) is 0.400. The van der Waals surface area contributed by atoms with Crippen molar-refractivity contribution in [2.75, 3.05) is 13.6 Å². The summed E-state index contributed by atoms with van der Waals surface area (Å²) in [5.41, 5.74) is 0. The standard InChI is InChI=1S/C10H12N2OS/c1-8(6-11)7-12(2)10(13)9-4-3-5-14-9/h3-5,8H,7H2,1-2H3. The Bertz CT molecular complexity index is 340. The molecule has 0 saturated carbocycles. The lowest BCUT2D eigenvalue weighted by Crippen LogP contribution is -2.30. The molecule has 0 aliphatic carbocycles. The predicted molar refractivity (Wildman–Crippen MR) is 56.1 cm³/mol. The number of rotatable bonds is 3. The maximum Gasteiger partial charge on any atom is 0.263 e. The van der Waals surface area contributed by atoms with Crippen molar-refractivity contribution in [3.63, 3.8) is 0 Å². The minimum Gasteiger partial charge on any atom is -0.340 e. The summed E-state index contributed by atoms with van der Waals surface area (Å²) in [5.74, 6) is -0.133. The van der Waals surface area contributed by atoms with E-state index in [1.54, 1.807) is 24.9 Å². The van der Waals surface area contributed by atoms with Gasteiger partial charge in [0.25, 0.3) is 5.91 Å². The van der Waals surface area contributed by atoms with Crippen LogP contribution in [-0.4, -0.2) is 24.4 Å². The Kier molecular flexibility index (Phi) is 3.66. The van der Waals surface area contributed by atoms with Gasteiger partial charge < -0.3 is 4.90 Å². The van der Waals surface area contributed by atoms with Crippen molar-refractivity contribution in [2.24, 2.45) is 5.92 Å². The number of thiophene rings is 1. The Balaban J connectivity index is 2.59. The van der Waals surface area contributed by atoms with Crippen LogP contribution in [0.25, 0.3) is 0 Å². The van der Waals surface area contributed by atoms with Crippen LogP contribution in [0.1, 0.15) is 16.6 Å². The van der Waals surface area contributed by atoms with Crippen molar-refractivity contribution < 1.29 is 4.79 Å². The molecule has 0 saturated heterocycles. The molecule has 0 radical (unpaired) electrons. The molecule has 0 aliphatic heterocycles. The molecular weight excluding hydrogens is 196 g/mol. The van der Waals surface area contributed by atoms with Crippen LogP contribution in [0.15, 0.2) is 17.5 Å². The van der Waals surface area contributed by atoms with Crippen LogP contribution in [0.2, 0.25) is 0 Å². The molecule has 3 nitrogen and oxygen atoms in total. The van der Waals surface area contributed by atoms with Gasteiger partial charge in [0.1, 0.15) is 0 Å². The van der Waals surface area contributed by atoms with Crippen molar-refractivity contribution in [1.29, 1.82) is 5.26 Å². The Hall–Kier alpha value is -1.34. The van der Waals surface area contributed by atoms with E-state index in [-0.39, 0.29) is 11.8 Å². The molecule has 1 aromatic rings. The summed E-state index contributed by atoms with van der Waals surface area (Å²) in [6.07, 6.45) is 0. The smallest absolute Gasteiger partial charge is 0.263 e. The van der Waals surface area contributed by atoms with Crippen molar-refractivity contribution in [3.8, 4) is 6.07 Å². The fourth-order valence-electron chi connectivity index (χ4n) is 1.12. The Labute approximate surface area is 87.6 Å². The van der Waals surface area contributed by atoms with Gasteiger partial charge in [-0.15, -0.1) is 11.3 Å². The van der Waals surface area contributed by atoms with Crippen molar-refractivity contribution >= 4 is 17.2 Å². The van der Waals surface area contributed by atoms with E-state index < -0.39 is 0 Å². The van der Waals surface area contributed by atoms with Crippen molar-refractivity contribution in [1.82, 2.24) is 4.90 Å². The lowest BCUT2D eigenvalue weighted by atomic mass is 10.2. The Morgan fingerprint density at radius 2 is 2.50 bits per heavy atom. The van der Waals surface area contributed by atoms with Crippen molar-refractivity contribution in [2.45, 2.75) is 6.92 Å². The molecular formula is C10H12N2OS. The van der Waals surface area contributed by atoms with Crippen LogP contribution in [0.5, 0.6) is 0 Å². The predicted octanol–water partition coefficient (Wildman–Crippen LogP) is 1.98. The zero-order chi connectivity index (χ0) is 10.6. The molecule has 1 aromatic heterocycles. The SMILES string of the molecule is CC(C#N)CN(C)C(=O)c1cccs1. The second-order valence-electron chi connectivity index (χ2n) is 3.19. The minimum atomic E-state index is -0.121. The summed E-state index contributed by atoms with van der Waals surface area (Å²) in [6.45, 7) is 2.28. The quantitative estimate of drug-likeness (QED) is 0.762. The minimum absolute atomic E-state index is 0.0119. The van der Waals surface area contributed by atoms with E-state index in [0.29, 0.717) is 6.54 Å². The van der Waals surface area contributed by atoms with E-state index in [2.05, 4.69) is 6.07 Å². The Morgan fingerprint density at radius 3 is 3.00 bits per heavy atom. The van der Waals surface area contributed by atoms with E-state index in [9.17, 15) is 4.79 Å². The molecule has 1 amide bonds. The van der Waals surface area contributed by atoms with Gasteiger partial charge in [-0.25, -0.2) is 0 Å². The molecule has 0 aromatic carbocycles. The van der Waals surface area contributed by atoms with Gasteiger partial charge in [0.2, 0.25) is 0 Å². The number of nitriles is 1. The largest absolute Gasteiger partial charge is 0.340 e. The monoisotopic (exact) mass is 208 g/mol. The zero-order valence-electron chi connectivity index (χ0n) is 8.23. The Morgan fingerprint density at radius 1 is 1.79 bits per heavy atom. The molecule has 0 aliphatic rings.